The first-order chi connectivity index (χ1) is 9.13. The van der Waals surface area contributed by atoms with Crippen molar-refractivity contribution in [2.24, 2.45) is 11.1 Å². The molecule has 1 aromatic rings. The lowest BCUT2D eigenvalue weighted by Gasteiger charge is -2.40. The van der Waals surface area contributed by atoms with Gasteiger partial charge in [0.1, 0.15) is 0 Å². The number of halogens is 1. The molecule has 0 radical (unpaired) electrons. The molecule has 0 atom stereocenters. The minimum Gasteiger partial charge on any atom is -0.356 e. The third-order valence-electron chi connectivity index (χ3n) is 4.01. The van der Waals surface area contributed by atoms with Crippen molar-refractivity contribution < 1.29 is 4.79 Å². The second-order valence-electron chi connectivity index (χ2n) is 5.46. The Balaban J connectivity index is 1.72. The molecule has 0 unspecified atom stereocenters. The van der Waals surface area contributed by atoms with E-state index in [0.717, 1.165) is 29.8 Å². The van der Waals surface area contributed by atoms with Crippen molar-refractivity contribution in [3.05, 3.63) is 34.9 Å². The average molecular weight is 281 g/mol. The van der Waals surface area contributed by atoms with Crippen molar-refractivity contribution in [2.75, 3.05) is 13.1 Å². The van der Waals surface area contributed by atoms with Crippen LogP contribution in [0.3, 0.4) is 0 Å². The molecule has 1 aliphatic carbocycles. The SMILES string of the molecule is NCC1(CC(=O)NCCc2cccc(Cl)c2)CCC1. The van der Waals surface area contributed by atoms with E-state index in [1.807, 2.05) is 24.3 Å². The molecular weight excluding hydrogens is 260 g/mol. The van der Waals surface area contributed by atoms with Gasteiger partial charge in [-0.25, -0.2) is 0 Å². The number of carbonyl (C=O) groups is 1. The van der Waals surface area contributed by atoms with Gasteiger partial charge in [0, 0.05) is 18.0 Å². The molecule has 1 fully saturated rings. The van der Waals surface area contributed by atoms with Crippen molar-refractivity contribution in [2.45, 2.75) is 32.1 Å². The second-order valence-corrected chi connectivity index (χ2v) is 5.90. The highest BCUT2D eigenvalue weighted by molar-refractivity contribution is 6.30. The van der Waals surface area contributed by atoms with Crippen LogP contribution < -0.4 is 11.1 Å². The predicted octanol–water partition coefficient (Wildman–Crippen LogP) is 2.52. The van der Waals surface area contributed by atoms with E-state index in [1.54, 1.807) is 0 Å². The van der Waals surface area contributed by atoms with Gasteiger partial charge in [0.2, 0.25) is 5.91 Å². The van der Waals surface area contributed by atoms with E-state index < -0.39 is 0 Å². The Morgan fingerprint density at radius 1 is 1.42 bits per heavy atom. The van der Waals surface area contributed by atoms with Gasteiger partial charge in [-0.3, -0.25) is 4.79 Å². The first-order valence-electron chi connectivity index (χ1n) is 6.85. The van der Waals surface area contributed by atoms with E-state index in [-0.39, 0.29) is 11.3 Å². The van der Waals surface area contributed by atoms with Crippen molar-refractivity contribution in [1.82, 2.24) is 5.32 Å². The van der Waals surface area contributed by atoms with Crippen LogP contribution in [0.15, 0.2) is 24.3 Å². The molecule has 1 aliphatic rings. The highest BCUT2D eigenvalue weighted by Gasteiger charge is 2.37. The third-order valence-corrected chi connectivity index (χ3v) is 4.24. The van der Waals surface area contributed by atoms with Gasteiger partial charge in [0.25, 0.3) is 0 Å². The van der Waals surface area contributed by atoms with Crippen LogP contribution in [0.5, 0.6) is 0 Å². The number of nitrogens with one attached hydrogen (secondary N) is 1. The van der Waals surface area contributed by atoms with E-state index in [1.165, 1.54) is 6.42 Å². The van der Waals surface area contributed by atoms with Crippen LogP contribution in [0, 0.1) is 5.41 Å². The van der Waals surface area contributed by atoms with Crippen LogP contribution in [-0.4, -0.2) is 19.0 Å². The van der Waals surface area contributed by atoms with Gasteiger partial charge in [-0.05, 0) is 48.9 Å². The van der Waals surface area contributed by atoms with Gasteiger partial charge in [0.05, 0.1) is 0 Å². The summed E-state index contributed by atoms with van der Waals surface area (Å²) in [5.41, 5.74) is 6.99. The fourth-order valence-electron chi connectivity index (χ4n) is 2.57. The molecular formula is C15H21ClN2O. The number of rotatable bonds is 6. The number of carbonyl (C=O) groups excluding carboxylic acids is 1. The summed E-state index contributed by atoms with van der Waals surface area (Å²) < 4.78 is 0. The van der Waals surface area contributed by atoms with Gasteiger partial charge in [-0.15, -0.1) is 0 Å². The summed E-state index contributed by atoms with van der Waals surface area (Å²) in [6, 6.07) is 7.73. The molecule has 3 N–H and O–H groups in total. The van der Waals surface area contributed by atoms with Crippen LogP contribution in [0.25, 0.3) is 0 Å². The van der Waals surface area contributed by atoms with Gasteiger partial charge >= 0.3 is 0 Å². The molecule has 3 nitrogen and oxygen atoms in total. The average Bonchev–Trinajstić information content (AvgIpc) is 2.34. The van der Waals surface area contributed by atoms with Gasteiger partial charge in [-0.1, -0.05) is 30.2 Å². The Hall–Kier alpha value is -1.06. The number of amides is 1. The van der Waals surface area contributed by atoms with Crippen molar-refractivity contribution in [1.29, 1.82) is 0 Å². The quantitative estimate of drug-likeness (QED) is 0.841. The molecule has 0 spiro atoms. The van der Waals surface area contributed by atoms with Gasteiger partial charge in [0.15, 0.2) is 0 Å². The topological polar surface area (TPSA) is 55.1 Å². The monoisotopic (exact) mass is 280 g/mol. The summed E-state index contributed by atoms with van der Waals surface area (Å²) in [7, 11) is 0. The fourth-order valence-corrected chi connectivity index (χ4v) is 2.78. The Morgan fingerprint density at radius 2 is 2.21 bits per heavy atom. The fraction of sp³-hybridized carbons (Fsp3) is 0.533. The van der Waals surface area contributed by atoms with E-state index >= 15 is 0 Å². The summed E-state index contributed by atoms with van der Waals surface area (Å²) in [4.78, 5) is 11.9. The van der Waals surface area contributed by atoms with Crippen LogP contribution in [-0.2, 0) is 11.2 Å². The normalized spacial score (nSPS) is 16.7. The molecule has 104 valence electrons. The highest BCUT2D eigenvalue weighted by Crippen LogP contribution is 2.42. The minimum atomic E-state index is 0.0835. The van der Waals surface area contributed by atoms with Crippen LogP contribution in [0.4, 0.5) is 0 Å². The standard InChI is InChI=1S/C15H21ClN2O/c16-13-4-1-3-12(9-13)5-8-18-14(19)10-15(11-17)6-2-7-15/h1,3-4,9H,2,5-8,10-11,17H2,(H,18,19). The first kappa shape index (κ1) is 14.4. The van der Waals surface area contributed by atoms with E-state index in [2.05, 4.69) is 5.32 Å². The largest absolute Gasteiger partial charge is 0.356 e. The van der Waals surface area contributed by atoms with Gasteiger partial charge < -0.3 is 11.1 Å². The molecule has 0 saturated heterocycles. The summed E-state index contributed by atoms with van der Waals surface area (Å²) >= 11 is 5.92. The molecule has 1 saturated carbocycles. The number of benzene rings is 1. The summed E-state index contributed by atoms with van der Waals surface area (Å²) in [6.45, 7) is 1.27. The maximum Gasteiger partial charge on any atom is 0.220 e. The summed E-state index contributed by atoms with van der Waals surface area (Å²) in [5.74, 6) is 0.118. The smallest absolute Gasteiger partial charge is 0.220 e. The number of hydrogen-bond donors (Lipinski definition) is 2. The van der Waals surface area contributed by atoms with E-state index in [0.29, 0.717) is 19.5 Å². The van der Waals surface area contributed by atoms with Crippen LogP contribution >= 0.6 is 11.6 Å². The zero-order valence-electron chi connectivity index (χ0n) is 11.1. The molecule has 4 heteroatoms. The maximum absolute atomic E-state index is 11.9. The maximum atomic E-state index is 11.9. The number of nitrogens with two attached hydrogens (primary N) is 1. The molecule has 1 amide bonds. The molecule has 19 heavy (non-hydrogen) atoms. The molecule has 0 heterocycles. The molecule has 0 aliphatic heterocycles. The zero-order valence-corrected chi connectivity index (χ0v) is 11.9. The van der Waals surface area contributed by atoms with Crippen molar-refractivity contribution in [3.8, 4) is 0 Å². The van der Waals surface area contributed by atoms with Crippen molar-refractivity contribution >= 4 is 17.5 Å². The Bertz CT molecular complexity index is 438. The van der Waals surface area contributed by atoms with E-state index in [4.69, 9.17) is 17.3 Å². The highest BCUT2D eigenvalue weighted by atomic mass is 35.5. The molecule has 0 aromatic heterocycles. The summed E-state index contributed by atoms with van der Waals surface area (Å²) in [6.07, 6.45) is 4.75. The minimum absolute atomic E-state index is 0.0835. The number of hydrogen-bond acceptors (Lipinski definition) is 2. The first-order valence-corrected chi connectivity index (χ1v) is 7.23. The lowest BCUT2D eigenvalue weighted by atomic mass is 9.66. The van der Waals surface area contributed by atoms with Crippen LogP contribution in [0.2, 0.25) is 5.02 Å². The van der Waals surface area contributed by atoms with Gasteiger partial charge in [-0.2, -0.15) is 0 Å². The Morgan fingerprint density at radius 3 is 2.79 bits per heavy atom. The molecule has 1 aromatic carbocycles. The lowest BCUT2D eigenvalue weighted by molar-refractivity contribution is -0.124. The Kier molecular flexibility index (Phi) is 4.83. The van der Waals surface area contributed by atoms with Crippen LogP contribution in [0.1, 0.15) is 31.2 Å². The zero-order chi connectivity index (χ0) is 13.7. The third kappa shape index (κ3) is 3.95. The molecule has 2 rings (SSSR count). The van der Waals surface area contributed by atoms with Crippen molar-refractivity contribution in [3.63, 3.8) is 0 Å². The Labute approximate surface area is 119 Å². The predicted molar refractivity (Wildman–Crippen MR) is 78.1 cm³/mol. The van der Waals surface area contributed by atoms with E-state index in [9.17, 15) is 4.79 Å². The lowest BCUT2D eigenvalue weighted by Crippen LogP contribution is -2.42. The second kappa shape index (κ2) is 6.40. The summed E-state index contributed by atoms with van der Waals surface area (Å²) in [5, 5.41) is 3.71. The molecule has 0 bridgehead atoms.